The highest BCUT2D eigenvalue weighted by Gasteiger charge is 2.44. The number of amides is 4. The summed E-state index contributed by atoms with van der Waals surface area (Å²) in [4.78, 5) is 51.6. The number of carbonyl (C=O) groups excluding carboxylic acids is 4. The van der Waals surface area contributed by atoms with Crippen molar-refractivity contribution in [3.05, 3.63) is 48.0 Å². The number of imide groups is 1. The van der Waals surface area contributed by atoms with E-state index in [1.165, 1.54) is 40.4 Å². The SMILES string of the molecule is COc1ccc(N2C(=O)C[C@H](N(NC(=O)c3ccc(OC)c(OC)c3)C(C)=O)C2=O)cc1. The van der Waals surface area contributed by atoms with Crippen molar-refractivity contribution in [2.45, 2.75) is 19.4 Å². The van der Waals surface area contributed by atoms with Crippen LogP contribution in [0, 0.1) is 0 Å². The van der Waals surface area contributed by atoms with Gasteiger partial charge >= 0.3 is 0 Å². The van der Waals surface area contributed by atoms with Crippen molar-refractivity contribution in [3.8, 4) is 17.2 Å². The molecule has 0 unspecified atom stereocenters. The third-order valence-corrected chi connectivity index (χ3v) is 4.97. The Morgan fingerprint density at radius 3 is 2.19 bits per heavy atom. The average Bonchev–Trinajstić information content (AvgIpc) is 3.09. The molecule has 1 fully saturated rings. The molecule has 32 heavy (non-hydrogen) atoms. The van der Waals surface area contributed by atoms with Gasteiger partial charge in [0.05, 0.1) is 33.4 Å². The summed E-state index contributed by atoms with van der Waals surface area (Å²) in [6.45, 7) is 1.20. The molecule has 0 bridgehead atoms. The molecule has 168 valence electrons. The molecule has 0 radical (unpaired) electrons. The second-order valence-electron chi connectivity index (χ2n) is 6.89. The average molecular weight is 441 g/mol. The van der Waals surface area contributed by atoms with E-state index in [9.17, 15) is 19.2 Å². The smallest absolute Gasteiger partial charge is 0.270 e. The molecule has 1 saturated heterocycles. The van der Waals surface area contributed by atoms with Gasteiger partial charge in [-0.1, -0.05) is 0 Å². The van der Waals surface area contributed by atoms with Crippen LogP contribution in [0.5, 0.6) is 17.2 Å². The second-order valence-corrected chi connectivity index (χ2v) is 6.89. The van der Waals surface area contributed by atoms with Crippen LogP contribution in [-0.2, 0) is 14.4 Å². The number of carbonyl (C=O) groups is 4. The molecule has 0 aliphatic carbocycles. The minimum atomic E-state index is -1.17. The predicted molar refractivity (Wildman–Crippen MR) is 113 cm³/mol. The summed E-state index contributed by atoms with van der Waals surface area (Å²) in [5.74, 6) is -1.03. The molecule has 1 aliphatic heterocycles. The first-order valence-corrected chi connectivity index (χ1v) is 9.64. The molecule has 0 spiro atoms. The highest BCUT2D eigenvalue weighted by atomic mass is 16.5. The Balaban J connectivity index is 1.82. The zero-order chi connectivity index (χ0) is 23.4. The monoisotopic (exact) mass is 441 g/mol. The number of rotatable bonds is 6. The summed E-state index contributed by atoms with van der Waals surface area (Å²) in [5.41, 5.74) is 2.96. The molecule has 10 nitrogen and oxygen atoms in total. The molecule has 0 aromatic heterocycles. The summed E-state index contributed by atoms with van der Waals surface area (Å²) in [5, 5.41) is 0.878. The van der Waals surface area contributed by atoms with Crippen molar-refractivity contribution in [3.63, 3.8) is 0 Å². The van der Waals surface area contributed by atoms with E-state index in [4.69, 9.17) is 14.2 Å². The molecular weight excluding hydrogens is 418 g/mol. The zero-order valence-electron chi connectivity index (χ0n) is 18.1. The Labute approximate surface area is 184 Å². The number of nitrogens with one attached hydrogen (secondary N) is 1. The van der Waals surface area contributed by atoms with Gasteiger partial charge in [0.2, 0.25) is 11.8 Å². The lowest BCUT2D eigenvalue weighted by atomic mass is 10.2. The predicted octanol–water partition coefficient (Wildman–Crippen LogP) is 1.54. The summed E-state index contributed by atoms with van der Waals surface area (Å²) < 4.78 is 15.4. The standard InChI is InChI=1S/C22H23N3O7/c1-13(26)25(23-21(28)14-5-10-18(31-3)19(11-14)32-4)17-12-20(27)24(22(17)29)15-6-8-16(30-2)9-7-15/h5-11,17H,12H2,1-4H3,(H,23,28)/t17-/m0/s1. The third-order valence-electron chi connectivity index (χ3n) is 4.97. The summed E-state index contributed by atoms with van der Waals surface area (Å²) in [6.07, 6.45) is -0.267. The maximum atomic E-state index is 13.0. The number of anilines is 1. The summed E-state index contributed by atoms with van der Waals surface area (Å²) in [7, 11) is 4.40. The highest BCUT2D eigenvalue weighted by molar-refractivity contribution is 6.23. The van der Waals surface area contributed by atoms with Crippen LogP contribution in [0.1, 0.15) is 23.7 Å². The fraction of sp³-hybridized carbons (Fsp3) is 0.273. The largest absolute Gasteiger partial charge is 0.497 e. The molecule has 1 N–H and O–H groups in total. The molecule has 1 atom stereocenters. The minimum Gasteiger partial charge on any atom is -0.497 e. The van der Waals surface area contributed by atoms with Gasteiger partial charge in [0, 0.05) is 12.5 Å². The second kappa shape index (κ2) is 9.38. The van der Waals surface area contributed by atoms with Gasteiger partial charge in [0.1, 0.15) is 11.8 Å². The topological polar surface area (TPSA) is 114 Å². The minimum absolute atomic E-state index is 0.178. The molecule has 2 aromatic carbocycles. The fourth-order valence-corrected chi connectivity index (χ4v) is 3.35. The van der Waals surface area contributed by atoms with E-state index in [1.54, 1.807) is 30.3 Å². The normalized spacial score (nSPS) is 15.4. The lowest BCUT2D eigenvalue weighted by Gasteiger charge is -2.26. The first kappa shape index (κ1) is 22.6. The Morgan fingerprint density at radius 1 is 0.969 bits per heavy atom. The molecule has 1 heterocycles. The van der Waals surface area contributed by atoms with Crippen molar-refractivity contribution in [2.75, 3.05) is 26.2 Å². The van der Waals surface area contributed by atoms with Crippen LogP contribution in [0.4, 0.5) is 5.69 Å². The van der Waals surface area contributed by atoms with Crippen molar-refractivity contribution in [1.82, 2.24) is 10.4 Å². The number of hydrazine groups is 1. The van der Waals surface area contributed by atoms with Crippen LogP contribution in [0.2, 0.25) is 0 Å². The van der Waals surface area contributed by atoms with Crippen LogP contribution in [-0.4, -0.2) is 56.0 Å². The third kappa shape index (κ3) is 4.34. The Morgan fingerprint density at radius 2 is 1.62 bits per heavy atom. The van der Waals surface area contributed by atoms with E-state index in [1.807, 2.05) is 0 Å². The van der Waals surface area contributed by atoms with Gasteiger partial charge in [-0.3, -0.25) is 24.6 Å². The molecular formula is C22H23N3O7. The van der Waals surface area contributed by atoms with Gasteiger partial charge in [-0.05, 0) is 42.5 Å². The van der Waals surface area contributed by atoms with Crippen molar-refractivity contribution in [1.29, 1.82) is 0 Å². The van der Waals surface area contributed by atoms with Crippen LogP contribution in [0.25, 0.3) is 0 Å². The maximum absolute atomic E-state index is 13.0. The fourth-order valence-electron chi connectivity index (χ4n) is 3.35. The molecule has 1 aliphatic rings. The molecule has 2 aromatic rings. The van der Waals surface area contributed by atoms with Gasteiger partial charge in [-0.25, -0.2) is 9.91 Å². The quantitative estimate of drug-likeness (QED) is 0.534. The first-order chi connectivity index (χ1) is 15.3. The number of benzene rings is 2. The maximum Gasteiger partial charge on any atom is 0.270 e. The van der Waals surface area contributed by atoms with E-state index in [2.05, 4.69) is 5.43 Å². The Bertz CT molecular complexity index is 1050. The van der Waals surface area contributed by atoms with E-state index in [0.717, 1.165) is 9.91 Å². The molecule has 0 saturated carbocycles. The van der Waals surface area contributed by atoms with E-state index in [-0.39, 0.29) is 12.0 Å². The van der Waals surface area contributed by atoms with Crippen LogP contribution in [0.3, 0.4) is 0 Å². The van der Waals surface area contributed by atoms with Crippen molar-refractivity contribution < 1.29 is 33.4 Å². The van der Waals surface area contributed by atoms with Gasteiger partial charge < -0.3 is 14.2 Å². The lowest BCUT2D eigenvalue weighted by Crippen LogP contribution is -2.54. The molecule has 10 heteroatoms. The Hall–Kier alpha value is -4.08. The molecule has 3 rings (SSSR count). The van der Waals surface area contributed by atoms with E-state index < -0.39 is 29.7 Å². The van der Waals surface area contributed by atoms with Crippen molar-refractivity contribution >= 4 is 29.3 Å². The van der Waals surface area contributed by atoms with E-state index in [0.29, 0.717) is 22.9 Å². The number of hydrogen-bond acceptors (Lipinski definition) is 7. The van der Waals surface area contributed by atoms with Gasteiger partial charge in [-0.2, -0.15) is 0 Å². The summed E-state index contributed by atoms with van der Waals surface area (Å²) in [6, 6.07) is 9.66. The number of ether oxygens (including phenoxy) is 3. The number of methoxy groups -OCH3 is 3. The van der Waals surface area contributed by atoms with Crippen LogP contribution < -0.4 is 24.5 Å². The van der Waals surface area contributed by atoms with Gasteiger partial charge in [0.25, 0.3) is 11.8 Å². The zero-order valence-corrected chi connectivity index (χ0v) is 18.1. The van der Waals surface area contributed by atoms with Gasteiger partial charge in [0.15, 0.2) is 11.5 Å². The van der Waals surface area contributed by atoms with Crippen LogP contribution in [0.15, 0.2) is 42.5 Å². The number of hydrogen-bond donors (Lipinski definition) is 1. The summed E-state index contributed by atoms with van der Waals surface area (Å²) >= 11 is 0. The van der Waals surface area contributed by atoms with Gasteiger partial charge in [-0.15, -0.1) is 0 Å². The van der Waals surface area contributed by atoms with Crippen LogP contribution >= 0.6 is 0 Å². The highest BCUT2D eigenvalue weighted by Crippen LogP contribution is 2.29. The Kier molecular flexibility index (Phi) is 6.62. The van der Waals surface area contributed by atoms with Crippen molar-refractivity contribution in [2.24, 2.45) is 0 Å². The van der Waals surface area contributed by atoms with E-state index >= 15 is 0 Å². The lowest BCUT2D eigenvalue weighted by molar-refractivity contribution is -0.139. The molecule has 4 amide bonds. The first-order valence-electron chi connectivity index (χ1n) is 9.64. The number of nitrogens with zero attached hydrogens (tertiary/aromatic N) is 2.